The molecule has 1 saturated heterocycles. The minimum absolute atomic E-state index is 0.150. The number of piperazine rings is 1. The van der Waals surface area contributed by atoms with Gasteiger partial charge in [-0.15, -0.1) is 0 Å². The van der Waals surface area contributed by atoms with Gasteiger partial charge in [0.1, 0.15) is 6.04 Å². The van der Waals surface area contributed by atoms with Crippen molar-refractivity contribution >= 4 is 5.97 Å². The molecule has 0 spiro atoms. The topological polar surface area (TPSA) is 44.8 Å². The van der Waals surface area contributed by atoms with E-state index in [1.807, 2.05) is 13.8 Å². The van der Waals surface area contributed by atoms with E-state index in [0.717, 1.165) is 19.6 Å². The summed E-state index contributed by atoms with van der Waals surface area (Å²) in [4.78, 5) is 16.5. The Bertz CT molecular complexity index is 305. The van der Waals surface area contributed by atoms with Gasteiger partial charge in [0.25, 0.3) is 0 Å². The first-order valence-corrected chi connectivity index (χ1v) is 7.03. The maximum Gasteiger partial charge on any atom is 0.324 e. The molecule has 1 unspecified atom stereocenters. The molecule has 0 bridgehead atoms. The number of hydrogen-bond donors (Lipinski definition) is 1. The monoisotopic (exact) mass is 271 g/mol. The van der Waals surface area contributed by atoms with Crippen LogP contribution >= 0.6 is 0 Å². The zero-order valence-corrected chi connectivity index (χ0v) is 13.2. The Labute approximate surface area is 117 Å². The number of hydrogen-bond acceptors (Lipinski definition) is 5. The lowest BCUT2D eigenvalue weighted by Crippen LogP contribution is -2.60. The normalized spacial score (nSPS) is 22.5. The number of carbonyl (C=O) groups excluding carboxylic acids is 1. The molecule has 5 nitrogen and oxygen atoms in total. The molecule has 1 N–H and O–H groups in total. The summed E-state index contributed by atoms with van der Waals surface area (Å²) in [5.74, 6) is -0.176. The van der Waals surface area contributed by atoms with E-state index in [9.17, 15) is 4.79 Å². The molecular formula is C14H29N3O2. The lowest BCUT2D eigenvalue weighted by atomic mass is 9.99. The predicted octanol–water partition coefficient (Wildman–Crippen LogP) is 0.552. The fraction of sp³-hybridized carbons (Fsp3) is 0.929. The summed E-state index contributed by atoms with van der Waals surface area (Å²) >= 11 is 0. The van der Waals surface area contributed by atoms with Crippen LogP contribution in [-0.4, -0.2) is 73.7 Å². The van der Waals surface area contributed by atoms with Crippen molar-refractivity contribution in [3.63, 3.8) is 0 Å². The standard InChI is InChI=1S/C14H29N3O2/c1-11(2)15-12(13(18)19-6)9-17-8-7-16(5)14(3,4)10-17/h11-12,15H,7-10H2,1-6H3. The van der Waals surface area contributed by atoms with Crippen molar-refractivity contribution in [2.45, 2.75) is 45.3 Å². The molecule has 0 aromatic heterocycles. The lowest BCUT2D eigenvalue weighted by Gasteiger charge is -2.46. The smallest absolute Gasteiger partial charge is 0.324 e. The summed E-state index contributed by atoms with van der Waals surface area (Å²) in [7, 11) is 3.60. The second kappa shape index (κ2) is 6.68. The van der Waals surface area contributed by atoms with Gasteiger partial charge in [-0.2, -0.15) is 0 Å². The third kappa shape index (κ3) is 4.75. The second-order valence-corrected chi connectivity index (χ2v) is 6.37. The van der Waals surface area contributed by atoms with Crippen LogP contribution in [0.25, 0.3) is 0 Å². The van der Waals surface area contributed by atoms with E-state index in [4.69, 9.17) is 4.74 Å². The summed E-state index contributed by atoms with van der Waals surface area (Å²) in [5, 5.41) is 3.29. The SMILES string of the molecule is COC(=O)C(CN1CCN(C)C(C)(C)C1)NC(C)C. The Morgan fingerprint density at radius 2 is 2.00 bits per heavy atom. The molecule has 19 heavy (non-hydrogen) atoms. The molecule has 0 aliphatic carbocycles. The van der Waals surface area contributed by atoms with Crippen LogP contribution in [0.2, 0.25) is 0 Å². The zero-order valence-electron chi connectivity index (χ0n) is 13.2. The number of methoxy groups -OCH3 is 1. The number of ether oxygens (including phenoxy) is 1. The van der Waals surface area contributed by atoms with Crippen molar-refractivity contribution in [3.05, 3.63) is 0 Å². The minimum atomic E-state index is -0.246. The number of nitrogens with one attached hydrogen (secondary N) is 1. The second-order valence-electron chi connectivity index (χ2n) is 6.37. The minimum Gasteiger partial charge on any atom is -0.468 e. The largest absolute Gasteiger partial charge is 0.468 e. The molecule has 5 heteroatoms. The average Bonchev–Trinajstić information content (AvgIpc) is 2.31. The van der Waals surface area contributed by atoms with E-state index in [1.54, 1.807) is 0 Å². The maximum absolute atomic E-state index is 11.8. The van der Waals surface area contributed by atoms with Crippen LogP contribution in [0.1, 0.15) is 27.7 Å². The molecule has 112 valence electrons. The molecule has 0 aromatic rings. The highest BCUT2D eigenvalue weighted by Gasteiger charge is 2.33. The summed E-state index contributed by atoms with van der Waals surface area (Å²) < 4.78 is 4.89. The molecule has 1 aliphatic heterocycles. The van der Waals surface area contributed by atoms with Crippen LogP contribution in [0.3, 0.4) is 0 Å². The third-order valence-corrected chi connectivity index (χ3v) is 3.86. The van der Waals surface area contributed by atoms with Crippen molar-refractivity contribution in [1.82, 2.24) is 15.1 Å². The van der Waals surface area contributed by atoms with Crippen LogP contribution in [0.4, 0.5) is 0 Å². The highest BCUT2D eigenvalue weighted by Crippen LogP contribution is 2.18. The summed E-state index contributed by atoms with van der Waals surface area (Å²) in [5.41, 5.74) is 0.150. The predicted molar refractivity (Wildman–Crippen MR) is 77.2 cm³/mol. The van der Waals surface area contributed by atoms with E-state index in [2.05, 4.69) is 36.0 Å². The van der Waals surface area contributed by atoms with Gasteiger partial charge in [0, 0.05) is 37.8 Å². The molecular weight excluding hydrogens is 242 g/mol. The van der Waals surface area contributed by atoms with Crippen molar-refractivity contribution < 1.29 is 9.53 Å². The number of esters is 1. The van der Waals surface area contributed by atoms with Crippen molar-refractivity contribution in [1.29, 1.82) is 0 Å². The highest BCUT2D eigenvalue weighted by atomic mass is 16.5. The van der Waals surface area contributed by atoms with Gasteiger partial charge in [0.05, 0.1) is 7.11 Å². The van der Waals surface area contributed by atoms with Gasteiger partial charge in [-0.3, -0.25) is 14.6 Å². The number of rotatable bonds is 5. The van der Waals surface area contributed by atoms with Gasteiger partial charge < -0.3 is 10.1 Å². The average molecular weight is 271 g/mol. The number of likely N-dealkylation sites (N-methyl/N-ethyl adjacent to an activating group) is 1. The fourth-order valence-corrected chi connectivity index (χ4v) is 2.50. The molecule has 1 aliphatic rings. The maximum atomic E-state index is 11.8. The molecule has 1 heterocycles. The molecule has 1 rings (SSSR count). The lowest BCUT2D eigenvalue weighted by molar-refractivity contribution is -0.144. The first-order valence-electron chi connectivity index (χ1n) is 7.03. The van der Waals surface area contributed by atoms with Crippen molar-refractivity contribution in [2.75, 3.05) is 40.3 Å². The van der Waals surface area contributed by atoms with Crippen LogP contribution in [0.5, 0.6) is 0 Å². The first-order chi connectivity index (χ1) is 8.76. The molecule has 0 aromatic carbocycles. The van der Waals surface area contributed by atoms with E-state index in [-0.39, 0.29) is 23.6 Å². The zero-order chi connectivity index (χ0) is 14.6. The van der Waals surface area contributed by atoms with Gasteiger partial charge in [-0.25, -0.2) is 0 Å². The van der Waals surface area contributed by atoms with Crippen LogP contribution < -0.4 is 5.32 Å². The molecule has 1 atom stereocenters. The van der Waals surface area contributed by atoms with E-state index >= 15 is 0 Å². The number of carbonyl (C=O) groups is 1. The Kier molecular flexibility index (Phi) is 5.77. The highest BCUT2D eigenvalue weighted by molar-refractivity contribution is 5.76. The van der Waals surface area contributed by atoms with E-state index in [0.29, 0.717) is 6.54 Å². The summed E-state index contributed by atoms with van der Waals surface area (Å²) in [6.45, 7) is 12.3. The fourth-order valence-electron chi connectivity index (χ4n) is 2.50. The molecule has 0 radical (unpaired) electrons. The Morgan fingerprint density at radius 1 is 1.37 bits per heavy atom. The first kappa shape index (κ1) is 16.4. The van der Waals surface area contributed by atoms with Gasteiger partial charge in [-0.1, -0.05) is 13.8 Å². The number of nitrogens with zero attached hydrogens (tertiary/aromatic N) is 2. The van der Waals surface area contributed by atoms with Gasteiger partial charge in [0.2, 0.25) is 0 Å². The van der Waals surface area contributed by atoms with Gasteiger partial charge >= 0.3 is 5.97 Å². The quantitative estimate of drug-likeness (QED) is 0.740. The van der Waals surface area contributed by atoms with Crippen LogP contribution in [0.15, 0.2) is 0 Å². The van der Waals surface area contributed by atoms with E-state index < -0.39 is 0 Å². The van der Waals surface area contributed by atoms with Crippen LogP contribution in [0, 0.1) is 0 Å². The Morgan fingerprint density at radius 3 is 2.47 bits per heavy atom. The van der Waals surface area contributed by atoms with Gasteiger partial charge in [0.15, 0.2) is 0 Å². The third-order valence-electron chi connectivity index (χ3n) is 3.86. The Hall–Kier alpha value is -0.650. The Balaban J connectivity index is 2.61. The van der Waals surface area contributed by atoms with E-state index in [1.165, 1.54) is 7.11 Å². The van der Waals surface area contributed by atoms with Gasteiger partial charge in [-0.05, 0) is 20.9 Å². The molecule has 1 fully saturated rings. The van der Waals surface area contributed by atoms with Crippen molar-refractivity contribution in [2.24, 2.45) is 0 Å². The van der Waals surface area contributed by atoms with Crippen molar-refractivity contribution in [3.8, 4) is 0 Å². The summed E-state index contributed by atoms with van der Waals surface area (Å²) in [6, 6.07) is 0.0220. The molecule has 0 amide bonds. The molecule has 0 saturated carbocycles. The summed E-state index contributed by atoms with van der Waals surface area (Å²) in [6.07, 6.45) is 0. The van der Waals surface area contributed by atoms with Crippen LogP contribution in [-0.2, 0) is 9.53 Å².